The molecule has 0 aliphatic rings. The molecule has 0 fully saturated rings. The van der Waals surface area contributed by atoms with Crippen LogP contribution in [0, 0.1) is 13.8 Å². The zero-order valence-electron chi connectivity index (χ0n) is 16.5. The molecule has 0 bridgehead atoms. The Labute approximate surface area is 183 Å². The molecule has 1 aromatic carbocycles. The summed E-state index contributed by atoms with van der Waals surface area (Å²) in [4.78, 5) is 10.8. The third-order valence-electron chi connectivity index (χ3n) is 4.88. The molecule has 156 valence electrons. The van der Waals surface area contributed by atoms with Crippen LogP contribution in [0.3, 0.4) is 0 Å². The van der Waals surface area contributed by atoms with Gasteiger partial charge in [0.2, 0.25) is 5.28 Å². The molecule has 0 amide bonds. The fraction of sp³-hybridized carbons (Fsp3) is 0.238. The predicted octanol–water partition coefficient (Wildman–Crippen LogP) is 4.59. The highest BCUT2D eigenvalue weighted by Gasteiger charge is 2.23. The minimum Gasteiger partial charge on any atom is -0.396 e. The molecular weight excluding hydrogens is 442 g/mol. The summed E-state index contributed by atoms with van der Waals surface area (Å²) in [6.07, 6.45) is 2.95. The number of rotatable bonds is 6. The second-order valence-corrected chi connectivity index (χ2v) is 10.3. The van der Waals surface area contributed by atoms with Crippen LogP contribution in [0.2, 0.25) is 5.28 Å². The van der Waals surface area contributed by atoms with Crippen molar-refractivity contribution in [2.24, 2.45) is 0 Å². The number of fused-ring (bicyclic) bond motifs is 1. The molecule has 0 spiro atoms. The molecule has 1 N–H and O–H groups in total. The van der Waals surface area contributed by atoms with Gasteiger partial charge in [-0.15, -0.1) is 11.3 Å². The van der Waals surface area contributed by atoms with Crippen molar-refractivity contribution in [1.29, 1.82) is 0 Å². The highest BCUT2D eigenvalue weighted by molar-refractivity contribution is 7.90. The van der Waals surface area contributed by atoms with Gasteiger partial charge in [-0.3, -0.25) is 0 Å². The first-order chi connectivity index (χ1) is 14.3. The summed E-state index contributed by atoms with van der Waals surface area (Å²) < 4.78 is 27.5. The Morgan fingerprint density at radius 3 is 2.57 bits per heavy atom. The molecule has 9 heteroatoms. The Morgan fingerprint density at radius 1 is 1.13 bits per heavy atom. The molecule has 0 saturated heterocycles. The van der Waals surface area contributed by atoms with Crippen LogP contribution in [0.25, 0.3) is 21.6 Å². The third-order valence-corrected chi connectivity index (χ3v) is 8.03. The summed E-state index contributed by atoms with van der Waals surface area (Å²) in [7, 11) is -3.83. The molecule has 4 aromatic rings. The average molecular weight is 462 g/mol. The lowest BCUT2D eigenvalue weighted by Crippen LogP contribution is -2.12. The topological polar surface area (TPSA) is 85.1 Å². The highest BCUT2D eigenvalue weighted by Crippen LogP contribution is 2.36. The van der Waals surface area contributed by atoms with Crippen LogP contribution in [0.5, 0.6) is 0 Å². The number of aliphatic hydroxyl groups excluding tert-OH is 1. The van der Waals surface area contributed by atoms with Gasteiger partial charge in [0.25, 0.3) is 10.0 Å². The number of nitrogens with zero attached hydrogens (tertiary/aromatic N) is 3. The molecule has 6 nitrogen and oxygen atoms in total. The van der Waals surface area contributed by atoms with Crippen LogP contribution in [0.4, 0.5) is 0 Å². The largest absolute Gasteiger partial charge is 0.396 e. The summed E-state index contributed by atoms with van der Waals surface area (Å²) in [6.45, 7) is 4.05. The number of aromatic nitrogens is 3. The predicted molar refractivity (Wildman–Crippen MR) is 120 cm³/mol. The maximum absolute atomic E-state index is 13.2. The number of hydrogen-bond donors (Lipinski definition) is 1. The quantitative estimate of drug-likeness (QED) is 0.424. The van der Waals surface area contributed by atoms with Crippen molar-refractivity contribution < 1.29 is 13.5 Å². The van der Waals surface area contributed by atoms with Gasteiger partial charge in [0, 0.05) is 23.1 Å². The van der Waals surface area contributed by atoms with E-state index in [1.165, 1.54) is 6.20 Å². The van der Waals surface area contributed by atoms with E-state index in [0.717, 1.165) is 31.3 Å². The van der Waals surface area contributed by atoms with Crippen molar-refractivity contribution in [3.63, 3.8) is 0 Å². The molecule has 30 heavy (non-hydrogen) atoms. The summed E-state index contributed by atoms with van der Waals surface area (Å²) >= 11 is 7.76. The summed E-state index contributed by atoms with van der Waals surface area (Å²) in [6, 6.07) is 10.4. The van der Waals surface area contributed by atoms with Crippen LogP contribution in [-0.2, 0) is 16.4 Å². The first-order valence-electron chi connectivity index (χ1n) is 9.38. The SMILES string of the molecule is Cc1ccc(S(=O)(=O)n2ccc3c(-c4cc(C)c(CCCO)s4)nc(Cl)nc32)cc1. The maximum Gasteiger partial charge on any atom is 0.269 e. The van der Waals surface area contributed by atoms with Gasteiger partial charge >= 0.3 is 0 Å². The van der Waals surface area contributed by atoms with Gasteiger partial charge in [-0.1, -0.05) is 17.7 Å². The second kappa shape index (κ2) is 8.11. The van der Waals surface area contributed by atoms with Crippen molar-refractivity contribution in [1.82, 2.24) is 13.9 Å². The van der Waals surface area contributed by atoms with Gasteiger partial charge in [0.1, 0.15) is 0 Å². The van der Waals surface area contributed by atoms with E-state index in [2.05, 4.69) is 9.97 Å². The molecule has 0 radical (unpaired) electrons. The van der Waals surface area contributed by atoms with E-state index in [1.807, 2.05) is 19.9 Å². The molecule has 0 aliphatic carbocycles. The number of benzene rings is 1. The van der Waals surface area contributed by atoms with Crippen molar-refractivity contribution in [2.75, 3.05) is 6.61 Å². The number of halogens is 1. The summed E-state index contributed by atoms with van der Waals surface area (Å²) in [5, 5.41) is 9.72. The molecule has 0 unspecified atom stereocenters. The molecule has 3 aromatic heterocycles. The van der Waals surface area contributed by atoms with E-state index in [1.54, 1.807) is 41.7 Å². The van der Waals surface area contributed by atoms with Crippen molar-refractivity contribution >= 4 is 44.0 Å². The van der Waals surface area contributed by atoms with E-state index in [9.17, 15) is 8.42 Å². The molecule has 3 heterocycles. The molecule has 0 aliphatic heterocycles. The smallest absolute Gasteiger partial charge is 0.269 e. The van der Waals surface area contributed by atoms with E-state index < -0.39 is 10.0 Å². The van der Waals surface area contributed by atoms with E-state index in [4.69, 9.17) is 16.7 Å². The second-order valence-electron chi connectivity index (χ2n) is 7.05. The summed E-state index contributed by atoms with van der Waals surface area (Å²) in [5.41, 5.74) is 2.93. The van der Waals surface area contributed by atoms with Crippen LogP contribution in [0.15, 0.2) is 47.5 Å². The number of thiophene rings is 1. The first kappa shape index (κ1) is 21.0. The Bertz CT molecular complexity index is 1330. The van der Waals surface area contributed by atoms with Crippen LogP contribution in [-0.4, -0.2) is 34.1 Å². The lowest BCUT2D eigenvalue weighted by Gasteiger charge is -2.08. The minimum atomic E-state index is -3.83. The lowest BCUT2D eigenvalue weighted by atomic mass is 10.1. The number of aliphatic hydroxyl groups is 1. The Balaban J connectivity index is 1.86. The Hall–Kier alpha value is -2.26. The molecule has 0 saturated carbocycles. The maximum atomic E-state index is 13.2. The minimum absolute atomic E-state index is 0.0143. The van der Waals surface area contributed by atoms with Gasteiger partial charge in [-0.2, -0.15) is 4.98 Å². The molecule has 0 atom stereocenters. The number of hydrogen-bond acceptors (Lipinski definition) is 6. The van der Waals surface area contributed by atoms with Crippen molar-refractivity contribution in [3.05, 3.63) is 63.9 Å². The Morgan fingerprint density at radius 2 is 1.87 bits per heavy atom. The highest BCUT2D eigenvalue weighted by atomic mass is 35.5. The monoisotopic (exact) mass is 461 g/mol. The lowest BCUT2D eigenvalue weighted by molar-refractivity contribution is 0.289. The van der Waals surface area contributed by atoms with Crippen LogP contribution >= 0.6 is 22.9 Å². The summed E-state index contributed by atoms with van der Waals surface area (Å²) in [5.74, 6) is 0. The fourth-order valence-corrected chi connectivity index (χ4v) is 5.97. The van der Waals surface area contributed by atoms with Crippen molar-refractivity contribution in [3.8, 4) is 10.6 Å². The molecular formula is C21H20ClN3O3S2. The average Bonchev–Trinajstić information content (AvgIpc) is 3.30. The van der Waals surface area contributed by atoms with Crippen LogP contribution < -0.4 is 0 Å². The van der Waals surface area contributed by atoms with E-state index in [0.29, 0.717) is 17.5 Å². The Kier molecular flexibility index (Phi) is 5.67. The molecule has 4 rings (SSSR count). The van der Waals surface area contributed by atoms with Gasteiger partial charge in [0.15, 0.2) is 5.65 Å². The van der Waals surface area contributed by atoms with Gasteiger partial charge in [-0.05, 0) is 68.1 Å². The zero-order chi connectivity index (χ0) is 21.5. The third kappa shape index (κ3) is 3.76. The number of aryl methyl sites for hydroxylation is 3. The standard InChI is InChI=1S/C21H20ClN3O3S2/c1-13-5-7-15(8-6-13)30(27,28)25-10-9-16-19(23-21(22)24-20(16)25)18-12-14(2)17(29-18)4-3-11-26/h5-10,12,26H,3-4,11H2,1-2H3. The van der Waals surface area contributed by atoms with Gasteiger partial charge < -0.3 is 5.11 Å². The fourth-order valence-electron chi connectivity index (χ4n) is 3.30. The van der Waals surface area contributed by atoms with Gasteiger partial charge in [0.05, 0.1) is 15.5 Å². The van der Waals surface area contributed by atoms with E-state index in [-0.39, 0.29) is 22.4 Å². The van der Waals surface area contributed by atoms with E-state index >= 15 is 0 Å². The van der Waals surface area contributed by atoms with Gasteiger partial charge in [-0.25, -0.2) is 17.4 Å². The van der Waals surface area contributed by atoms with Crippen LogP contribution in [0.1, 0.15) is 22.4 Å². The van der Waals surface area contributed by atoms with Crippen molar-refractivity contribution in [2.45, 2.75) is 31.6 Å². The normalized spacial score (nSPS) is 12.0. The zero-order valence-corrected chi connectivity index (χ0v) is 18.9. The first-order valence-corrected chi connectivity index (χ1v) is 12.0.